The van der Waals surface area contributed by atoms with E-state index >= 15 is 0 Å². The number of hydrogen-bond acceptors (Lipinski definition) is 5. The van der Waals surface area contributed by atoms with E-state index < -0.39 is 10.0 Å². The van der Waals surface area contributed by atoms with E-state index in [0.29, 0.717) is 4.88 Å². The number of aliphatic hydroxyl groups excluding tert-OH is 1. The third-order valence-electron chi connectivity index (χ3n) is 3.51. The molecule has 2 unspecified atom stereocenters. The number of nitrogens with one attached hydrogen (secondary N) is 1. The molecule has 2 N–H and O–H groups in total. The van der Waals surface area contributed by atoms with Crippen LogP contribution in [-0.2, 0) is 16.6 Å². The minimum atomic E-state index is -3.54. The summed E-state index contributed by atoms with van der Waals surface area (Å²) in [7, 11) is -3.54. The van der Waals surface area contributed by atoms with Crippen LogP contribution >= 0.6 is 11.3 Å². The molecule has 5 nitrogen and oxygen atoms in total. The second kappa shape index (κ2) is 5.88. The lowest BCUT2D eigenvalue weighted by atomic mass is 10.0. The molecule has 1 aliphatic rings. The number of aliphatic hydroxyl groups is 1. The minimum absolute atomic E-state index is 0.128. The standard InChI is InChI=1S/C12H20N2O3S2/c1-9-4-3-5-10(2)14(9)13-19(16,17)12-6-11(7-15)18-8-12/h6,8-10,13,15H,3-5,7H2,1-2H3. The number of thiophene rings is 1. The fourth-order valence-corrected chi connectivity index (χ4v) is 4.75. The molecule has 7 heteroatoms. The first-order valence-electron chi connectivity index (χ1n) is 6.43. The molecule has 1 aromatic rings. The summed E-state index contributed by atoms with van der Waals surface area (Å²) in [6.45, 7) is 3.94. The van der Waals surface area contributed by atoms with Crippen LogP contribution in [0.3, 0.4) is 0 Å². The van der Waals surface area contributed by atoms with Gasteiger partial charge in [-0.3, -0.25) is 0 Å². The van der Waals surface area contributed by atoms with E-state index in [1.54, 1.807) is 5.38 Å². The third kappa shape index (κ3) is 3.35. The van der Waals surface area contributed by atoms with Crippen molar-refractivity contribution in [3.05, 3.63) is 16.3 Å². The van der Waals surface area contributed by atoms with Crippen molar-refractivity contribution < 1.29 is 13.5 Å². The highest BCUT2D eigenvalue weighted by atomic mass is 32.2. The molecule has 1 saturated heterocycles. The normalized spacial score (nSPS) is 25.6. The van der Waals surface area contributed by atoms with Crippen LogP contribution < -0.4 is 4.83 Å². The topological polar surface area (TPSA) is 69.6 Å². The van der Waals surface area contributed by atoms with Crippen molar-refractivity contribution in [3.8, 4) is 0 Å². The van der Waals surface area contributed by atoms with E-state index in [4.69, 9.17) is 5.11 Å². The molecule has 2 atom stereocenters. The zero-order valence-electron chi connectivity index (χ0n) is 11.2. The van der Waals surface area contributed by atoms with E-state index in [9.17, 15) is 8.42 Å². The molecule has 1 aromatic heterocycles. The first-order chi connectivity index (χ1) is 8.94. The lowest BCUT2D eigenvalue weighted by molar-refractivity contribution is 0.0790. The van der Waals surface area contributed by atoms with Crippen LogP contribution in [0.15, 0.2) is 16.3 Å². The summed E-state index contributed by atoms with van der Waals surface area (Å²) in [6, 6.07) is 1.93. The Labute approximate surface area is 118 Å². The van der Waals surface area contributed by atoms with Gasteiger partial charge in [0.1, 0.15) is 0 Å². The van der Waals surface area contributed by atoms with Gasteiger partial charge in [0, 0.05) is 22.3 Å². The molecule has 0 saturated carbocycles. The molecule has 0 bridgehead atoms. The quantitative estimate of drug-likeness (QED) is 0.888. The Morgan fingerprint density at radius 1 is 1.42 bits per heavy atom. The molecule has 0 aliphatic carbocycles. The summed E-state index contributed by atoms with van der Waals surface area (Å²) in [6.07, 6.45) is 3.13. The molecule has 0 amide bonds. The zero-order valence-corrected chi connectivity index (χ0v) is 12.8. The summed E-state index contributed by atoms with van der Waals surface area (Å²) >= 11 is 1.25. The maximum absolute atomic E-state index is 12.3. The Hall–Kier alpha value is -0.470. The lowest BCUT2D eigenvalue weighted by Crippen LogP contribution is -2.53. The smallest absolute Gasteiger partial charge is 0.254 e. The van der Waals surface area contributed by atoms with Crippen LogP contribution in [0.1, 0.15) is 38.0 Å². The summed E-state index contributed by atoms with van der Waals surface area (Å²) in [5, 5.41) is 12.4. The molecule has 108 valence electrons. The SMILES string of the molecule is CC1CCCC(C)N1NS(=O)(=O)c1csc(CO)c1. The summed E-state index contributed by atoms with van der Waals surface area (Å²) < 4.78 is 24.6. The predicted octanol–water partition coefficient (Wildman–Crippen LogP) is 1.70. The summed E-state index contributed by atoms with van der Waals surface area (Å²) in [5.41, 5.74) is 0. The van der Waals surface area contributed by atoms with Crippen molar-refractivity contribution in [1.82, 2.24) is 9.84 Å². The van der Waals surface area contributed by atoms with Crippen LogP contribution in [0, 0.1) is 0 Å². The highest BCUT2D eigenvalue weighted by Crippen LogP contribution is 2.24. The van der Waals surface area contributed by atoms with Gasteiger partial charge in [0.2, 0.25) is 0 Å². The zero-order chi connectivity index (χ0) is 14.0. The molecule has 1 aliphatic heterocycles. The van der Waals surface area contributed by atoms with Crippen molar-refractivity contribution in [2.24, 2.45) is 0 Å². The fraction of sp³-hybridized carbons (Fsp3) is 0.667. The van der Waals surface area contributed by atoms with Crippen molar-refractivity contribution in [1.29, 1.82) is 0 Å². The van der Waals surface area contributed by atoms with Gasteiger partial charge in [-0.1, -0.05) is 6.42 Å². The van der Waals surface area contributed by atoms with Gasteiger partial charge >= 0.3 is 0 Å². The maximum atomic E-state index is 12.3. The van der Waals surface area contributed by atoms with E-state index in [1.165, 1.54) is 17.4 Å². The van der Waals surface area contributed by atoms with Crippen molar-refractivity contribution in [2.45, 2.75) is 56.7 Å². The van der Waals surface area contributed by atoms with Crippen LogP contribution in [0.2, 0.25) is 0 Å². The molecule has 0 radical (unpaired) electrons. The molecular formula is C12H20N2O3S2. The maximum Gasteiger partial charge on any atom is 0.254 e. The molecule has 0 spiro atoms. The first kappa shape index (κ1) is 14.9. The Morgan fingerprint density at radius 3 is 2.58 bits per heavy atom. The number of hydrazine groups is 1. The fourth-order valence-electron chi connectivity index (χ4n) is 2.38. The highest BCUT2D eigenvalue weighted by molar-refractivity contribution is 7.89. The average molecular weight is 304 g/mol. The van der Waals surface area contributed by atoms with Crippen LogP contribution in [-0.4, -0.2) is 30.6 Å². The number of piperidine rings is 1. The summed E-state index contributed by atoms with van der Waals surface area (Å²) in [4.78, 5) is 3.56. The van der Waals surface area contributed by atoms with Gasteiger partial charge in [0.25, 0.3) is 10.0 Å². The van der Waals surface area contributed by atoms with Crippen LogP contribution in [0.4, 0.5) is 0 Å². The molecule has 19 heavy (non-hydrogen) atoms. The van der Waals surface area contributed by atoms with E-state index in [2.05, 4.69) is 4.83 Å². The highest BCUT2D eigenvalue weighted by Gasteiger charge is 2.29. The van der Waals surface area contributed by atoms with Gasteiger partial charge in [0.05, 0.1) is 11.5 Å². The van der Waals surface area contributed by atoms with Gasteiger partial charge in [-0.15, -0.1) is 16.2 Å². The van der Waals surface area contributed by atoms with Crippen LogP contribution in [0.5, 0.6) is 0 Å². The monoisotopic (exact) mass is 304 g/mol. The number of hydrogen-bond donors (Lipinski definition) is 2. The van der Waals surface area contributed by atoms with Crippen molar-refractivity contribution in [3.63, 3.8) is 0 Å². The third-order valence-corrected chi connectivity index (χ3v) is 5.89. The molecule has 1 fully saturated rings. The second-order valence-electron chi connectivity index (χ2n) is 5.04. The van der Waals surface area contributed by atoms with Gasteiger partial charge in [-0.05, 0) is 32.8 Å². The second-order valence-corrected chi connectivity index (χ2v) is 7.69. The minimum Gasteiger partial charge on any atom is -0.391 e. The molecule has 2 heterocycles. The summed E-state index contributed by atoms with van der Waals surface area (Å²) in [5.74, 6) is 0. The van der Waals surface area contributed by atoms with Crippen LogP contribution in [0.25, 0.3) is 0 Å². The van der Waals surface area contributed by atoms with E-state index in [1.807, 2.05) is 18.9 Å². The first-order valence-corrected chi connectivity index (χ1v) is 8.79. The van der Waals surface area contributed by atoms with Gasteiger partial charge < -0.3 is 5.11 Å². The van der Waals surface area contributed by atoms with Gasteiger partial charge in [0.15, 0.2) is 0 Å². The van der Waals surface area contributed by atoms with Crippen molar-refractivity contribution in [2.75, 3.05) is 0 Å². The predicted molar refractivity (Wildman–Crippen MR) is 75.2 cm³/mol. The Morgan fingerprint density at radius 2 is 2.05 bits per heavy atom. The Kier molecular flexibility index (Phi) is 4.62. The Balaban J connectivity index is 2.16. The largest absolute Gasteiger partial charge is 0.391 e. The Bertz CT molecular complexity index is 517. The number of rotatable bonds is 4. The molecular weight excluding hydrogens is 284 g/mol. The number of nitrogens with zero attached hydrogens (tertiary/aromatic N) is 1. The van der Waals surface area contributed by atoms with E-state index in [-0.39, 0.29) is 23.6 Å². The van der Waals surface area contributed by atoms with Gasteiger partial charge in [-0.25, -0.2) is 13.4 Å². The van der Waals surface area contributed by atoms with Gasteiger partial charge in [-0.2, -0.15) is 0 Å². The van der Waals surface area contributed by atoms with Crippen molar-refractivity contribution >= 4 is 21.4 Å². The molecule has 0 aromatic carbocycles. The average Bonchev–Trinajstić information content (AvgIpc) is 2.83. The lowest BCUT2D eigenvalue weighted by Gasteiger charge is -2.38. The number of sulfonamides is 1. The molecule has 2 rings (SSSR count). The van der Waals surface area contributed by atoms with E-state index in [0.717, 1.165) is 19.3 Å².